The van der Waals surface area contributed by atoms with Crippen LogP contribution in [0.4, 0.5) is 0 Å². The standard InChI is InChI=1S/C19H30N2O.2CH4/c1-5-18(13-17(2)16-22)14-21(12-11-20(3)4)15-19-9-7-6-8-10-19;;/h5-10,13,18,22H,1,11-12,14-16H2,2-4H3;2*1H4/b17-13-;;. The fourth-order valence-electron chi connectivity index (χ4n) is 2.33. The van der Waals surface area contributed by atoms with Gasteiger partial charge in [0.05, 0.1) is 6.61 Å². The first-order chi connectivity index (χ1) is 10.5. The fourth-order valence-corrected chi connectivity index (χ4v) is 2.33. The Morgan fingerprint density at radius 1 is 1.17 bits per heavy atom. The van der Waals surface area contributed by atoms with E-state index in [0.717, 1.165) is 31.8 Å². The molecule has 1 rings (SSSR count). The van der Waals surface area contributed by atoms with Crippen molar-refractivity contribution in [1.29, 1.82) is 0 Å². The van der Waals surface area contributed by atoms with Gasteiger partial charge in [0.1, 0.15) is 0 Å². The average molecular weight is 335 g/mol. The summed E-state index contributed by atoms with van der Waals surface area (Å²) in [4.78, 5) is 4.65. The lowest BCUT2D eigenvalue weighted by Gasteiger charge is -2.26. The second-order valence-corrected chi connectivity index (χ2v) is 6.09. The molecule has 1 aromatic carbocycles. The first-order valence-electron chi connectivity index (χ1n) is 7.87. The number of aliphatic hydroxyl groups is 1. The first-order valence-corrected chi connectivity index (χ1v) is 7.87. The minimum atomic E-state index is 0. The molecule has 138 valence electrons. The van der Waals surface area contributed by atoms with E-state index in [9.17, 15) is 5.11 Å². The number of likely N-dealkylation sites (N-methyl/N-ethyl adjacent to an activating group) is 1. The monoisotopic (exact) mass is 334 g/mol. The average Bonchev–Trinajstić information content (AvgIpc) is 2.52. The number of nitrogens with zero attached hydrogens (tertiary/aromatic N) is 2. The molecule has 0 radical (unpaired) electrons. The van der Waals surface area contributed by atoms with E-state index >= 15 is 0 Å². The van der Waals surface area contributed by atoms with E-state index in [0.29, 0.717) is 0 Å². The molecule has 0 saturated carbocycles. The third-order valence-electron chi connectivity index (χ3n) is 3.63. The van der Waals surface area contributed by atoms with Crippen molar-refractivity contribution in [1.82, 2.24) is 9.80 Å². The Morgan fingerprint density at radius 2 is 1.79 bits per heavy atom. The van der Waals surface area contributed by atoms with Crippen LogP contribution in [-0.4, -0.2) is 55.2 Å². The maximum atomic E-state index is 9.20. The van der Waals surface area contributed by atoms with Gasteiger partial charge in [-0.25, -0.2) is 0 Å². The zero-order chi connectivity index (χ0) is 16.4. The third-order valence-corrected chi connectivity index (χ3v) is 3.63. The van der Waals surface area contributed by atoms with Crippen LogP contribution in [0.3, 0.4) is 0 Å². The highest BCUT2D eigenvalue weighted by Crippen LogP contribution is 2.11. The minimum Gasteiger partial charge on any atom is -0.392 e. The minimum absolute atomic E-state index is 0. The predicted molar refractivity (Wildman–Crippen MR) is 108 cm³/mol. The number of rotatable bonds is 10. The number of hydrogen-bond donors (Lipinski definition) is 1. The van der Waals surface area contributed by atoms with Crippen molar-refractivity contribution in [2.75, 3.05) is 40.3 Å². The second-order valence-electron chi connectivity index (χ2n) is 6.09. The van der Waals surface area contributed by atoms with Gasteiger partial charge in [0.15, 0.2) is 0 Å². The first kappa shape index (κ1) is 24.8. The van der Waals surface area contributed by atoms with Crippen LogP contribution < -0.4 is 0 Å². The molecule has 0 aliphatic carbocycles. The van der Waals surface area contributed by atoms with Crippen LogP contribution in [0, 0.1) is 5.92 Å². The van der Waals surface area contributed by atoms with Crippen molar-refractivity contribution >= 4 is 0 Å². The van der Waals surface area contributed by atoms with E-state index < -0.39 is 0 Å². The molecule has 0 bridgehead atoms. The number of benzene rings is 1. The largest absolute Gasteiger partial charge is 0.392 e. The van der Waals surface area contributed by atoms with Crippen LogP contribution in [0.25, 0.3) is 0 Å². The van der Waals surface area contributed by atoms with Crippen molar-refractivity contribution in [3.8, 4) is 0 Å². The lowest BCUT2D eigenvalue weighted by molar-refractivity contribution is 0.223. The molecule has 1 N–H and O–H groups in total. The Bertz CT molecular complexity index is 454. The normalized spacial score (nSPS) is 12.5. The third kappa shape index (κ3) is 10.4. The van der Waals surface area contributed by atoms with Gasteiger partial charge in [-0.2, -0.15) is 0 Å². The Morgan fingerprint density at radius 3 is 2.29 bits per heavy atom. The van der Waals surface area contributed by atoms with Crippen LogP contribution in [0.5, 0.6) is 0 Å². The van der Waals surface area contributed by atoms with Gasteiger partial charge in [-0.1, -0.05) is 62.9 Å². The summed E-state index contributed by atoms with van der Waals surface area (Å²) in [5.41, 5.74) is 2.32. The Balaban J connectivity index is 0. The molecular weight excluding hydrogens is 296 g/mol. The zero-order valence-corrected chi connectivity index (χ0v) is 14.2. The predicted octanol–water partition coefficient (Wildman–Crippen LogP) is 4.06. The second kappa shape index (κ2) is 14.0. The summed E-state index contributed by atoms with van der Waals surface area (Å²) in [5, 5.41) is 9.20. The van der Waals surface area contributed by atoms with Crippen LogP contribution in [-0.2, 0) is 6.54 Å². The lowest BCUT2D eigenvalue weighted by Crippen LogP contribution is -2.34. The topological polar surface area (TPSA) is 26.7 Å². The van der Waals surface area contributed by atoms with Gasteiger partial charge in [0.25, 0.3) is 0 Å². The molecule has 24 heavy (non-hydrogen) atoms. The molecule has 3 heteroatoms. The Hall–Kier alpha value is -1.42. The van der Waals surface area contributed by atoms with Crippen molar-refractivity contribution in [3.05, 3.63) is 60.2 Å². The maximum Gasteiger partial charge on any atom is 0.0639 e. The molecule has 3 nitrogen and oxygen atoms in total. The summed E-state index contributed by atoms with van der Waals surface area (Å²) in [7, 11) is 4.20. The van der Waals surface area contributed by atoms with Crippen LogP contribution in [0.2, 0.25) is 0 Å². The smallest absolute Gasteiger partial charge is 0.0639 e. The SMILES string of the molecule is C.C.C=CC(/C=C(/C)CO)CN(CCN(C)C)Cc1ccccc1. The summed E-state index contributed by atoms with van der Waals surface area (Å²) in [6.45, 7) is 9.90. The highest BCUT2D eigenvalue weighted by molar-refractivity contribution is 5.15. The van der Waals surface area contributed by atoms with Crippen molar-refractivity contribution < 1.29 is 5.11 Å². The van der Waals surface area contributed by atoms with Gasteiger partial charge < -0.3 is 10.0 Å². The molecule has 0 aliphatic rings. The van der Waals surface area contributed by atoms with E-state index in [2.05, 4.69) is 60.8 Å². The van der Waals surface area contributed by atoms with E-state index in [-0.39, 0.29) is 27.4 Å². The molecule has 0 fully saturated rings. The summed E-state index contributed by atoms with van der Waals surface area (Å²) in [6, 6.07) is 10.6. The quantitative estimate of drug-likeness (QED) is 0.654. The zero-order valence-electron chi connectivity index (χ0n) is 14.2. The van der Waals surface area contributed by atoms with Gasteiger partial charge in [-0.3, -0.25) is 4.90 Å². The maximum absolute atomic E-state index is 9.20. The molecule has 0 amide bonds. The van der Waals surface area contributed by atoms with Crippen LogP contribution in [0.1, 0.15) is 27.3 Å². The molecular formula is C21H38N2O. The summed E-state index contributed by atoms with van der Waals surface area (Å²) < 4.78 is 0. The molecule has 0 aliphatic heterocycles. The molecule has 0 aromatic heterocycles. The molecule has 0 heterocycles. The van der Waals surface area contributed by atoms with Gasteiger partial charge in [-0.05, 0) is 26.6 Å². The Kier molecular flexibility index (Phi) is 14.4. The number of aliphatic hydroxyl groups excluding tert-OH is 1. The van der Waals surface area contributed by atoms with Crippen LogP contribution in [0.15, 0.2) is 54.6 Å². The van der Waals surface area contributed by atoms with Gasteiger partial charge in [0, 0.05) is 32.1 Å². The summed E-state index contributed by atoms with van der Waals surface area (Å²) in [5.74, 6) is 0.262. The van der Waals surface area contributed by atoms with Crippen LogP contribution >= 0.6 is 0 Å². The van der Waals surface area contributed by atoms with Gasteiger partial charge in [0.2, 0.25) is 0 Å². The van der Waals surface area contributed by atoms with E-state index in [1.54, 1.807) is 0 Å². The highest BCUT2D eigenvalue weighted by atomic mass is 16.3. The van der Waals surface area contributed by atoms with Crippen molar-refractivity contribution in [2.45, 2.75) is 28.3 Å². The molecule has 0 saturated heterocycles. The van der Waals surface area contributed by atoms with E-state index in [1.165, 1.54) is 5.56 Å². The molecule has 1 atom stereocenters. The summed E-state index contributed by atoms with van der Waals surface area (Å²) in [6.07, 6.45) is 4.08. The molecule has 0 spiro atoms. The van der Waals surface area contributed by atoms with Gasteiger partial charge >= 0.3 is 0 Å². The molecule has 1 unspecified atom stereocenters. The Labute approximate surface area is 150 Å². The van der Waals surface area contributed by atoms with E-state index in [4.69, 9.17) is 0 Å². The highest BCUT2D eigenvalue weighted by Gasteiger charge is 2.11. The summed E-state index contributed by atoms with van der Waals surface area (Å²) >= 11 is 0. The lowest BCUT2D eigenvalue weighted by atomic mass is 10.1. The van der Waals surface area contributed by atoms with Crippen molar-refractivity contribution in [3.63, 3.8) is 0 Å². The number of hydrogen-bond acceptors (Lipinski definition) is 3. The fraction of sp³-hybridized carbons (Fsp3) is 0.524. The van der Waals surface area contributed by atoms with E-state index in [1.807, 2.05) is 19.1 Å². The molecule has 1 aromatic rings. The van der Waals surface area contributed by atoms with Gasteiger partial charge in [-0.15, -0.1) is 6.58 Å². The van der Waals surface area contributed by atoms with Crippen molar-refractivity contribution in [2.24, 2.45) is 5.92 Å².